The Hall–Kier alpha value is -2.99. The van der Waals surface area contributed by atoms with E-state index in [1.165, 1.54) is 0 Å². The van der Waals surface area contributed by atoms with Crippen molar-refractivity contribution >= 4 is 22.1 Å². The van der Waals surface area contributed by atoms with E-state index in [9.17, 15) is 5.11 Å². The molecular weight excluding hydrogens is 328 g/mol. The average Bonchev–Trinajstić information content (AvgIpc) is 2.61. The summed E-state index contributed by atoms with van der Waals surface area (Å²) < 4.78 is 6.60. The first-order valence-corrected chi connectivity index (χ1v) is 8.45. The number of nitrogens with zero attached hydrogens (tertiary/aromatic N) is 4. The van der Waals surface area contributed by atoms with E-state index < -0.39 is 0 Å². The van der Waals surface area contributed by atoms with Crippen molar-refractivity contribution in [2.75, 3.05) is 34.3 Å². The van der Waals surface area contributed by atoms with Crippen LogP contribution in [0.5, 0.6) is 11.6 Å². The Bertz CT molecular complexity index is 932. The number of azo groups is 1. The molecule has 0 aliphatic carbocycles. The van der Waals surface area contributed by atoms with Gasteiger partial charge in [0.2, 0.25) is 5.88 Å². The molecule has 0 aliphatic heterocycles. The van der Waals surface area contributed by atoms with Gasteiger partial charge in [-0.3, -0.25) is 0 Å². The van der Waals surface area contributed by atoms with Gasteiger partial charge in [-0.05, 0) is 24.3 Å². The second-order valence-corrected chi connectivity index (χ2v) is 7.04. The molecule has 26 heavy (non-hydrogen) atoms. The molecule has 2 aromatic carbocycles. The highest BCUT2D eigenvalue weighted by atomic mass is 16.5. The Morgan fingerprint density at radius 3 is 2.42 bits per heavy atom. The summed E-state index contributed by atoms with van der Waals surface area (Å²) in [7, 11) is 6.33. The van der Waals surface area contributed by atoms with Gasteiger partial charge in [0.25, 0.3) is 0 Å². The lowest BCUT2D eigenvalue weighted by molar-refractivity contribution is -0.870. The van der Waals surface area contributed by atoms with E-state index in [-0.39, 0.29) is 5.75 Å². The second kappa shape index (κ2) is 7.49. The van der Waals surface area contributed by atoms with Crippen LogP contribution in [0.2, 0.25) is 0 Å². The molecule has 0 atom stereocenters. The molecule has 1 aromatic heterocycles. The zero-order valence-electron chi connectivity index (χ0n) is 15.3. The van der Waals surface area contributed by atoms with Gasteiger partial charge in [0.05, 0.1) is 26.8 Å². The number of aromatic hydroxyl groups is 1. The number of fused-ring (bicyclic) bond motifs is 1. The van der Waals surface area contributed by atoms with Gasteiger partial charge >= 0.3 is 0 Å². The molecule has 6 heteroatoms. The van der Waals surface area contributed by atoms with Crippen molar-refractivity contribution < 1.29 is 14.3 Å². The molecule has 0 fully saturated rings. The van der Waals surface area contributed by atoms with Crippen LogP contribution in [-0.4, -0.2) is 48.9 Å². The molecule has 3 aromatic rings. The number of benzene rings is 2. The van der Waals surface area contributed by atoms with Gasteiger partial charge in [0, 0.05) is 17.0 Å². The Morgan fingerprint density at radius 1 is 0.923 bits per heavy atom. The fourth-order valence-electron chi connectivity index (χ4n) is 2.45. The van der Waals surface area contributed by atoms with Crippen molar-refractivity contribution in [2.45, 2.75) is 0 Å². The van der Waals surface area contributed by atoms with Crippen molar-refractivity contribution in [3.05, 3.63) is 54.7 Å². The van der Waals surface area contributed by atoms with Crippen molar-refractivity contribution in [1.29, 1.82) is 0 Å². The molecule has 0 saturated heterocycles. The minimum absolute atomic E-state index is 0.227. The molecule has 0 amide bonds. The van der Waals surface area contributed by atoms with E-state index in [0.717, 1.165) is 21.8 Å². The van der Waals surface area contributed by atoms with E-state index in [1.807, 2.05) is 30.3 Å². The van der Waals surface area contributed by atoms with Crippen LogP contribution in [0.1, 0.15) is 0 Å². The maximum Gasteiger partial charge on any atom is 0.242 e. The molecule has 0 unspecified atom stereocenters. The Morgan fingerprint density at radius 2 is 1.65 bits per heavy atom. The Kier molecular flexibility index (Phi) is 5.14. The maximum absolute atomic E-state index is 9.98. The monoisotopic (exact) mass is 351 g/mol. The van der Waals surface area contributed by atoms with Crippen LogP contribution in [-0.2, 0) is 0 Å². The van der Waals surface area contributed by atoms with Gasteiger partial charge in [-0.1, -0.05) is 24.3 Å². The first-order valence-electron chi connectivity index (χ1n) is 8.45. The van der Waals surface area contributed by atoms with Crippen LogP contribution in [0.25, 0.3) is 10.8 Å². The first kappa shape index (κ1) is 17.8. The third kappa shape index (κ3) is 4.34. The van der Waals surface area contributed by atoms with E-state index in [2.05, 4.69) is 36.4 Å². The quantitative estimate of drug-likeness (QED) is 0.527. The normalized spacial score (nSPS) is 12.0. The van der Waals surface area contributed by atoms with Crippen molar-refractivity contribution in [2.24, 2.45) is 10.2 Å². The molecular formula is C20H23N4O2+. The summed E-state index contributed by atoms with van der Waals surface area (Å²) in [4.78, 5) is 4.26. The Balaban J connectivity index is 1.85. The number of phenolic OH excluding ortho intramolecular Hbond substituents is 1. The number of pyridine rings is 1. The summed E-state index contributed by atoms with van der Waals surface area (Å²) in [6.45, 7) is 1.40. The molecule has 0 aliphatic rings. The number of phenols is 1. The van der Waals surface area contributed by atoms with Crippen molar-refractivity contribution in [3.8, 4) is 11.6 Å². The lowest BCUT2D eigenvalue weighted by atomic mass is 10.1. The molecule has 3 rings (SSSR count). The number of hydrogen-bond acceptors (Lipinski definition) is 5. The number of ether oxygens (including phenoxy) is 1. The summed E-state index contributed by atoms with van der Waals surface area (Å²) >= 11 is 0. The lowest BCUT2D eigenvalue weighted by Crippen LogP contribution is -2.38. The number of aromatic nitrogens is 1. The average molecular weight is 351 g/mol. The maximum atomic E-state index is 9.98. The zero-order valence-corrected chi connectivity index (χ0v) is 15.3. The standard InChI is InChI=1S/C20H22N4O2/c1-24(2,3)13-14-26-20-18(9-6-12-21-20)23-22-17-10-11-19(25)16-8-5-4-7-15(16)17/h4-12H,13-14H2,1-3H3/p+1. The third-order valence-electron chi connectivity index (χ3n) is 3.90. The van der Waals surface area contributed by atoms with Crippen LogP contribution >= 0.6 is 0 Å². The van der Waals surface area contributed by atoms with Gasteiger partial charge in [-0.15, -0.1) is 10.2 Å². The summed E-state index contributed by atoms with van der Waals surface area (Å²) in [6, 6.07) is 14.5. The summed E-state index contributed by atoms with van der Waals surface area (Å²) in [5.74, 6) is 0.693. The van der Waals surface area contributed by atoms with Gasteiger partial charge < -0.3 is 14.3 Å². The molecule has 1 N–H and O–H groups in total. The topological polar surface area (TPSA) is 67.1 Å². The predicted octanol–water partition coefficient (Wildman–Crippen LogP) is 4.44. The number of hydrogen-bond donors (Lipinski definition) is 1. The number of rotatable bonds is 6. The zero-order chi connectivity index (χ0) is 18.6. The number of likely N-dealkylation sites (N-methyl/N-ethyl adjacent to an activating group) is 1. The van der Waals surface area contributed by atoms with Gasteiger partial charge in [-0.25, -0.2) is 4.98 Å². The van der Waals surface area contributed by atoms with Crippen molar-refractivity contribution in [3.63, 3.8) is 0 Å². The van der Waals surface area contributed by atoms with E-state index >= 15 is 0 Å². The summed E-state index contributed by atoms with van der Waals surface area (Å²) in [6.07, 6.45) is 1.68. The minimum atomic E-state index is 0.227. The van der Waals surface area contributed by atoms with Crippen LogP contribution < -0.4 is 4.74 Å². The highest BCUT2D eigenvalue weighted by Gasteiger charge is 2.10. The fraction of sp³-hybridized carbons (Fsp3) is 0.250. The number of quaternary nitrogens is 1. The van der Waals surface area contributed by atoms with Gasteiger partial charge in [-0.2, -0.15) is 0 Å². The van der Waals surface area contributed by atoms with Gasteiger partial charge in [0.1, 0.15) is 24.6 Å². The largest absolute Gasteiger partial charge is 0.507 e. The van der Waals surface area contributed by atoms with Crippen LogP contribution in [0.4, 0.5) is 11.4 Å². The molecule has 0 spiro atoms. The predicted molar refractivity (Wildman–Crippen MR) is 102 cm³/mol. The van der Waals surface area contributed by atoms with E-state index in [1.54, 1.807) is 24.4 Å². The minimum Gasteiger partial charge on any atom is -0.507 e. The Labute approximate surface area is 153 Å². The van der Waals surface area contributed by atoms with Crippen LogP contribution in [0.3, 0.4) is 0 Å². The lowest BCUT2D eigenvalue weighted by Gasteiger charge is -2.23. The fourth-order valence-corrected chi connectivity index (χ4v) is 2.45. The molecule has 6 nitrogen and oxygen atoms in total. The van der Waals surface area contributed by atoms with Crippen LogP contribution in [0, 0.1) is 0 Å². The third-order valence-corrected chi connectivity index (χ3v) is 3.90. The summed E-state index contributed by atoms with van der Waals surface area (Å²) in [5.41, 5.74) is 1.26. The van der Waals surface area contributed by atoms with E-state index in [4.69, 9.17) is 4.74 Å². The molecule has 1 heterocycles. The molecule has 134 valence electrons. The van der Waals surface area contributed by atoms with Gasteiger partial charge in [0.15, 0.2) is 0 Å². The SMILES string of the molecule is C[N+](C)(C)CCOc1ncccc1N=Nc1ccc(O)c2ccccc12. The van der Waals surface area contributed by atoms with Crippen molar-refractivity contribution in [1.82, 2.24) is 4.98 Å². The molecule has 0 radical (unpaired) electrons. The highest BCUT2D eigenvalue weighted by molar-refractivity contribution is 5.96. The van der Waals surface area contributed by atoms with Crippen LogP contribution in [0.15, 0.2) is 65.0 Å². The summed E-state index contributed by atoms with van der Waals surface area (Å²) in [5, 5.41) is 20.2. The highest BCUT2D eigenvalue weighted by Crippen LogP contribution is 2.34. The van der Waals surface area contributed by atoms with E-state index in [0.29, 0.717) is 23.9 Å². The smallest absolute Gasteiger partial charge is 0.242 e. The molecule has 0 saturated carbocycles. The molecule has 0 bridgehead atoms. The second-order valence-electron chi connectivity index (χ2n) is 7.04. The first-order chi connectivity index (χ1) is 12.4.